The summed E-state index contributed by atoms with van der Waals surface area (Å²) in [5.74, 6) is 0.349. The van der Waals surface area contributed by atoms with Crippen molar-refractivity contribution in [3.63, 3.8) is 0 Å². The van der Waals surface area contributed by atoms with Crippen molar-refractivity contribution in [1.29, 1.82) is 0 Å². The van der Waals surface area contributed by atoms with Crippen molar-refractivity contribution in [2.24, 2.45) is 11.0 Å². The summed E-state index contributed by atoms with van der Waals surface area (Å²) in [6.07, 6.45) is 0. The van der Waals surface area contributed by atoms with Gasteiger partial charge in [0.25, 0.3) is 0 Å². The molecule has 0 amide bonds. The van der Waals surface area contributed by atoms with Gasteiger partial charge in [-0.3, -0.25) is 5.01 Å². The summed E-state index contributed by atoms with van der Waals surface area (Å²) in [6.45, 7) is 2.96. The summed E-state index contributed by atoms with van der Waals surface area (Å²) in [5.41, 5.74) is 1.10. The van der Waals surface area contributed by atoms with Gasteiger partial charge in [0.2, 0.25) is 0 Å². The van der Waals surface area contributed by atoms with Crippen molar-refractivity contribution in [2.45, 2.75) is 6.92 Å². The van der Waals surface area contributed by atoms with Gasteiger partial charge in [-0.15, -0.1) is 0 Å². The molecule has 1 heterocycles. The smallest absolute Gasteiger partial charge is 0.131 e. The fraction of sp³-hybridized carbons (Fsp3) is 0.300. The van der Waals surface area contributed by atoms with Gasteiger partial charge in [-0.1, -0.05) is 36.7 Å². The van der Waals surface area contributed by atoms with E-state index in [2.05, 4.69) is 12.0 Å². The standard InChI is InChI=1S/C10H11ClN2/c1-8-7-13(12-10(8)11)9-5-3-2-4-6-9/h2-6,8H,7H2,1H3/t8-/m1/s1. The number of rotatable bonds is 1. The van der Waals surface area contributed by atoms with E-state index < -0.39 is 0 Å². The summed E-state index contributed by atoms with van der Waals surface area (Å²) in [5, 5.41) is 6.89. The monoisotopic (exact) mass is 194 g/mol. The Morgan fingerprint density at radius 1 is 1.38 bits per heavy atom. The third-order valence-electron chi connectivity index (χ3n) is 2.12. The fourth-order valence-electron chi connectivity index (χ4n) is 1.35. The van der Waals surface area contributed by atoms with E-state index >= 15 is 0 Å². The Kier molecular flexibility index (Phi) is 2.23. The highest BCUT2D eigenvalue weighted by Gasteiger charge is 2.21. The molecule has 3 heteroatoms. The van der Waals surface area contributed by atoms with E-state index in [1.165, 1.54) is 0 Å². The van der Waals surface area contributed by atoms with Crippen molar-refractivity contribution in [3.05, 3.63) is 30.3 Å². The van der Waals surface area contributed by atoms with Gasteiger partial charge in [-0.2, -0.15) is 5.10 Å². The molecule has 13 heavy (non-hydrogen) atoms. The van der Waals surface area contributed by atoms with Gasteiger partial charge in [0.1, 0.15) is 5.17 Å². The second kappa shape index (κ2) is 3.38. The molecule has 0 N–H and O–H groups in total. The highest BCUT2D eigenvalue weighted by Crippen LogP contribution is 2.22. The van der Waals surface area contributed by atoms with E-state index in [9.17, 15) is 0 Å². The highest BCUT2D eigenvalue weighted by atomic mass is 35.5. The third kappa shape index (κ3) is 1.68. The van der Waals surface area contributed by atoms with Crippen LogP contribution >= 0.6 is 11.6 Å². The van der Waals surface area contributed by atoms with E-state index in [0.717, 1.165) is 12.2 Å². The van der Waals surface area contributed by atoms with Crippen LogP contribution in [0.2, 0.25) is 0 Å². The van der Waals surface area contributed by atoms with Crippen LogP contribution in [-0.2, 0) is 0 Å². The van der Waals surface area contributed by atoms with Crippen LogP contribution in [0.1, 0.15) is 6.92 Å². The van der Waals surface area contributed by atoms with Crippen molar-refractivity contribution in [2.75, 3.05) is 11.6 Å². The second-order valence-electron chi connectivity index (χ2n) is 3.24. The van der Waals surface area contributed by atoms with Crippen molar-refractivity contribution >= 4 is 22.5 Å². The number of hydrogen-bond acceptors (Lipinski definition) is 2. The van der Waals surface area contributed by atoms with Gasteiger partial charge in [0, 0.05) is 5.92 Å². The molecule has 0 fully saturated rings. The highest BCUT2D eigenvalue weighted by molar-refractivity contribution is 6.66. The molecule has 2 nitrogen and oxygen atoms in total. The molecule has 1 aromatic rings. The van der Waals surface area contributed by atoms with Crippen molar-refractivity contribution in [1.82, 2.24) is 0 Å². The number of para-hydroxylation sites is 1. The Morgan fingerprint density at radius 2 is 2.08 bits per heavy atom. The minimum atomic E-state index is 0.349. The molecule has 2 rings (SSSR count). The maximum Gasteiger partial charge on any atom is 0.131 e. The first-order valence-electron chi connectivity index (χ1n) is 4.34. The zero-order valence-electron chi connectivity index (χ0n) is 7.44. The number of halogens is 1. The van der Waals surface area contributed by atoms with Crippen LogP contribution < -0.4 is 5.01 Å². The van der Waals surface area contributed by atoms with E-state index in [1.807, 2.05) is 35.3 Å². The van der Waals surface area contributed by atoms with Gasteiger partial charge in [-0.25, -0.2) is 0 Å². The average molecular weight is 195 g/mol. The number of anilines is 1. The molecule has 0 bridgehead atoms. The number of benzene rings is 1. The lowest BCUT2D eigenvalue weighted by Gasteiger charge is -2.13. The summed E-state index contributed by atoms with van der Waals surface area (Å²) >= 11 is 5.92. The molecule has 0 aliphatic carbocycles. The van der Waals surface area contributed by atoms with E-state index in [4.69, 9.17) is 11.6 Å². The molecule has 0 unspecified atom stereocenters. The lowest BCUT2D eigenvalue weighted by molar-refractivity contribution is 0.779. The molecule has 0 saturated heterocycles. The van der Waals surface area contributed by atoms with Gasteiger partial charge < -0.3 is 0 Å². The molecule has 0 saturated carbocycles. The molecule has 1 atom stereocenters. The summed E-state index contributed by atoms with van der Waals surface area (Å²) < 4.78 is 0. The largest absolute Gasteiger partial charge is 0.264 e. The quantitative estimate of drug-likeness (QED) is 0.671. The van der Waals surface area contributed by atoms with Crippen molar-refractivity contribution < 1.29 is 0 Å². The SMILES string of the molecule is C[C@@H]1CN(c2ccccc2)N=C1Cl. The first kappa shape index (κ1) is 8.57. The van der Waals surface area contributed by atoms with Crippen LogP contribution in [0.5, 0.6) is 0 Å². The number of nitrogens with zero attached hydrogens (tertiary/aromatic N) is 2. The van der Waals surface area contributed by atoms with Gasteiger partial charge in [0.15, 0.2) is 0 Å². The number of hydrogen-bond donors (Lipinski definition) is 0. The Hall–Kier alpha value is -1.02. The molecule has 1 aromatic carbocycles. The molecule has 0 spiro atoms. The van der Waals surface area contributed by atoms with Crippen LogP contribution in [0.15, 0.2) is 35.4 Å². The summed E-state index contributed by atoms with van der Waals surface area (Å²) in [7, 11) is 0. The van der Waals surface area contributed by atoms with Crippen LogP contribution in [0.4, 0.5) is 5.69 Å². The van der Waals surface area contributed by atoms with Gasteiger partial charge in [-0.05, 0) is 12.1 Å². The Morgan fingerprint density at radius 3 is 2.62 bits per heavy atom. The topological polar surface area (TPSA) is 15.6 Å². The maximum absolute atomic E-state index is 5.92. The van der Waals surface area contributed by atoms with E-state index in [0.29, 0.717) is 11.1 Å². The van der Waals surface area contributed by atoms with Crippen LogP contribution in [0.25, 0.3) is 0 Å². The molecule has 1 aliphatic rings. The Balaban J connectivity index is 2.22. The van der Waals surface area contributed by atoms with Crippen LogP contribution in [0.3, 0.4) is 0 Å². The summed E-state index contributed by atoms with van der Waals surface area (Å²) in [6, 6.07) is 10.1. The zero-order valence-corrected chi connectivity index (χ0v) is 8.20. The van der Waals surface area contributed by atoms with E-state index in [-0.39, 0.29) is 0 Å². The second-order valence-corrected chi connectivity index (χ2v) is 3.63. The normalized spacial score (nSPS) is 21.8. The van der Waals surface area contributed by atoms with Gasteiger partial charge >= 0.3 is 0 Å². The predicted molar refractivity (Wildman–Crippen MR) is 56.2 cm³/mol. The Labute approximate surface area is 82.8 Å². The lowest BCUT2D eigenvalue weighted by atomic mass is 10.2. The molecule has 1 aliphatic heterocycles. The average Bonchev–Trinajstić information content (AvgIpc) is 2.49. The van der Waals surface area contributed by atoms with Crippen molar-refractivity contribution in [3.8, 4) is 0 Å². The Bertz CT molecular complexity index is 321. The van der Waals surface area contributed by atoms with Crippen LogP contribution in [0, 0.1) is 5.92 Å². The zero-order chi connectivity index (χ0) is 9.26. The van der Waals surface area contributed by atoms with Gasteiger partial charge in [0.05, 0.1) is 12.2 Å². The first-order chi connectivity index (χ1) is 6.27. The molecular formula is C10H11ClN2. The predicted octanol–water partition coefficient (Wildman–Crippen LogP) is 2.70. The van der Waals surface area contributed by atoms with E-state index in [1.54, 1.807) is 0 Å². The molecule has 68 valence electrons. The third-order valence-corrected chi connectivity index (χ3v) is 2.57. The fourth-order valence-corrected chi connectivity index (χ4v) is 1.51. The summed E-state index contributed by atoms with van der Waals surface area (Å²) in [4.78, 5) is 0. The maximum atomic E-state index is 5.92. The molecule has 0 radical (unpaired) electrons. The van der Waals surface area contributed by atoms with Crippen LogP contribution in [-0.4, -0.2) is 11.7 Å². The lowest BCUT2D eigenvalue weighted by Crippen LogP contribution is -2.15. The minimum Gasteiger partial charge on any atom is -0.264 e. The molecular weight excluding hydrogens is 184 g/mol. The first-order valence-corrected chi connectivity index (χ1v) is 4.72. The number of hydrazone groups is 1. The minimum absolute atomic E-state index is 0.349. The molecule has 0 aromatic heterocycles.